The lowest BCUT2D eigenvalue weighted by molar-refractivity contribution is -0.111. The molecule has 0 aliphatic rings. The summed E-state index contributed by atoms with van der Waals surface area (Å²) >= 11 is 7.05. The Hall–Kier alpha value is -2.62. The van der Waals surface area contributed by atoms with E-state index in [1.165, 1.54) is 6.08 Å². The Morgan fingerprint density at radius 2 is 2.04 bits per heavy atom. The molecule has 7 heteroatoms. The first-order valence-electron chi connectivity index (χ1n) is 8.48. The van der Waals surface area contributed by atoms with Gasteiger partial charge in [0.15, 0.2) is 0 Å². The lowest BCUT2D eigenvalue weighted by Gasteiger charge is -2.17. The molecule has 27 heavy (non-hydrogen) atoms. The molecule has 0 radical (unpaired) electrons. The summed E-state index contributed by atoms with van der Waals surface area (Å²) in [6.45, 7) is 6.69. The van der Waals surface area contributed by atoms with Crippen molar-refractivity contribution >= 4 is 45.8 Å². The van der Waals surface area contributed by atoms with Crippen LogP contribution in [-0.2, 0) is 4.79 Å². The van der Waals surface area contributed by atoms with Gasteiger partial charge < -0.3 is 10.2 Å². The molecule has 2 rings (SSSR count). The highest BCUT2D eigenvalue weighted by Gasteiger charge is 2.23. The fourth-order valence-corrected chi connectivity index (χ4v) is 3.86. The Kier molecular flexibility index (Phi) is 7.17. The summed E-state index contributed by atoms with van der Waals surface area (Å²) in [6.07, 6.45) is 3.00. The zero-order chi connectivity index (χ0) is 20.0. The number of carbonyl (C=O) groups is 2. The van der Waals surface area contributed by atoms with E-state index < -0.39 is 0 Å². The van der Waals surface area contributed by atoms with Gasteiger partial charge in [0, 0.05) is 24.2 Å². The summed E-state index contributed by atoms with van der Waals surface area (Å²) in [7, 11) is 0. The van der Waals surface area contributed by atoms with Crippen molar-refractivity contribution in [1.29, 1.82) is 5.26 Å². The first-order chi connectivity index (χ1) is 12.9. The molecule has 2 aromatic rings. The zero-order valence-corrected chi connectivity index (χ0v) is 16.9. The molecule has 1 aromatic carbocycles. The van der Waals surface area contributed by atoms with Gasteiger partial charge in [0.05, 0.1) is 10.4 Å². The predicted octanol–water partition coefficient (Wildman–Crippen LogP) is 4.72. The monoisotopic (exact) mass is 401 g/mol. The van der Waals surface area contributed by atoms with Crippen molar-refractivity contribution in [1.82, 2.24) is 4.90 Å². The smallest absolute Gasteiger partial charge is 0.264 e. The Bertz CT molecular complexity index is 924. The molecule has 0 aliphatic heterocycles. The first kappa shape index (κ1) is 20.7. The summed E-state index contributed by atoms with van der Waals surface area (Å²) < 4.78 is 0. The number of nitriles is 1. The van der Waals surface area contributed by atoms with Crippen LogP contribution in [0.5, 0.6) is 0 Å². The molecule has 0 spiro atoms. The maximum atomic E-state index is 12.6. The van der Waals surface area contributed by atoms with Gasteiger partial charge in [-0.05, 0) is 50.1 Å². The molecule has 0 bridgehead atoms. The molecule has 1 heterocycles. The molecule has 2 amide bonds. The number of rotatable bonds is 6. The van der Waals surface area contributed by atoms with E-state index in [1.807, 2.05) is 19.9 Å². The number of nitrogens with one attached hydrogen (secondary N) is 1. The third-order valence-electron chi connectivity index (χ3n) is 4.02. The van der Waals surface area contributed by atoms with Crippen molar-refractivity contribution in [2.75, 3.05) is 18.4 Å². The van der Waals surface area contributed by atoms with E-state index in [1.54, 1.807) is 36.1 Å². The molecule has 5 nitrogen and oxygen atoms in total. The standard InChI is InChI=1S/C20H20ClN3O2S/c1-4-24(5-2)20(26)18-13(3)16(12-22)19(27-18)23-17(25)10-9-14-7-6-8-15(21)11-14/h6-11H,4-5H2,1-3H3,(H,23,25). The second kappa shape index (κ2) is 9.36. The topological polar surface area (TPSA) is 73.2 Å². The zero-order valence-electron chi connectivity index (χ0n) is 15.4. The van der Waals surface area contributed by atoms with Crippen molar-refractivity contribution in [2.45, 2.75) is 20.8 Å². The molecule has 0 saturated heterocycles. The van der Waals surface area contributed by atoms with E-state index in [9.17, 15) is 14.9 Å². The van der Waals surface area contributed by atoms with Gasteiger partial charge in [0.1, 0.15) is 11.1 Å². The van der Waals surface area contributed by atoms with E-state index in [0.29, 0.717) is 39.1 Å². The highest BCUT2D eigenvalue weighted by Crippen LogP contribution is 2.33. The summed E-state index contributed by atoms with van der Waals surface area (Å²) in [5.74, 6) is -0.511. The fraction of sp³-hybridized carbons (Fsp3) is 0.250. The minimum Gasteiger partial charge on any atom is -0.338 e. The highest BCUT2D eigenvalue weighted by molar-refractivity contribution is 7.18. The molecule has 1 N–H and O–H groups in total. The largest absolute Gasteiger partial charge is 0.338 e. The Morgan fingerprint density at radius 3 is 2.63 bits per heavy atom. The SMILES string of the molecule is CCN(CC)C(=O)c1sc(NC(=O)C=Cc2cccc(Cl)c2)c(C#N)c1C. The molecule has 140 valence electrons. The van der Waals surface area contributed by atoms with Crippen LogP contribution in [0.4, 0.5) is 5.00 Å². The minimum atomic E-state index is -0.380. The fourth-order valence-electron chi connectivity index (χ4n) is 2.53. The van der Waals surface area contributed by atoms with Gasteiger partial charge in [0.2, 0.25) is 5.91 Å². The summed E-state index contributed by atoms with van der Waals surface area (Å²) in [6, 6.07) is 9.19. The van der Waals surface area contributed by atoms with E-state index in [4.69, 9.17) is 11.6 Å². The third kappa shape index (κ3) is 4.97. The van der Waals surface area contributed by atoms with E-state index >= 15 is 0 Å². The quantitative estimate of drug-likeness (QED) is 0.712. The van der Waals surface area contributed by atoms with Crippen molar-refractivity contribution < 1.29 is 9.59 Å². The van der Waals surface area contributed by atoms with E-state index in [0.717, 1.165) is 16.9 Å². The average molecular weight is 402 g/mol. The molecule has 0 fully saturated rings. The maximum absolute atomic E-state index is 12.6. The Balaban J connectivity index is 2.23. The van der Waals surface area contributed by atoms with E-state index in [-0.39, 0.29) is 11.8 Å². The first-order valence-corrected chi connectivity index (χ1v) is 9.68. The summed E-state index contributed by atoms with van der Waals surface area (Å²) in [5, 5.41) is 13.1. The summed E-state index contributed by atoms with van der Waals surface area (Å²) in [4.78, 5) is 27.0. The van der Waals surface area contributed by atoms with Crippen LogP contribution in [0, 0.1) is 18.3 Å². The van der Waals surface area contributed by atoms with Gasteiger partial charge in [-0.25, -0.2) is 0 Å². The van der Waals surface area contributed by atoms with Crippen LogP contribution < -0.4 is 5.32 Å². The van der Waals surface area contributed by atoms with Gasteiger partial charge in [-0.3, -0.25) is 9.59 Å². The number of hydrogen-bond acceptors (Lipinski definition) is 4. The van der Waals surface area contributed by atoms with Crippen LogP contribution in [0.15, 0.2) is 30.3 Å². The van der Waals surface area contributed by atoms with E-state index in [2.05, 4.69) is 11.4 Å². The maximum Gasteiger partial charge on any atom is 0.264 e. The van der Waals surface area contributed by atoms with Crippen molar-refractivity contribution in [3.63, 3.8) is 0 Å². The number of hydrogen-bond donors (Lipinski definition) is 1. The third-order valence-corrected chi connectivity index (χ3v) is 5.45. The molecule has 0 aliphatic carbocycles. The van der Waals surface area contributed by atoms with Crippen LogP contribution in [0.1, 0.15) is 40.2 Å². The number of carbonyl (C=O) groups excluding carboxylic acids is 2. The number of anilines is 1. The van der Waals surface area contributed by atoms with Gasteiger partial charge in [-0.15, -0.1) is 11.3 Å². The lowest BCUT2D eigenvalue weighted by Crippen LogP contribution is -2.30. The van der Waals surface area contributed by atoms with Gasteiger partial charge in [-0.2, -0.15) is 5.26 Å². The number of amides is 2. The predicted molar refractivity (Wildman–Crippen MR) is 110 cm³/mol. The summed E-state index contributed by atoms with van der Waals surface area (Å²) in [5.41, 5.74) is 1.70. The molecule has 0 unspecified atom stereocenters. The number of thiophene rings is 1. The second-order valence-electron chi connectivity index (χ2n) is 5.73. The highest BCUT2D eigenvalue weighted by atomic mass is 35.5. The molecular formula is C20H20ClN3O2S. The minimum absolute atomic E-state index is 0.131. The second-order valence-corrected chi connectivity index (χ2v) is 7.18. The van der Waals surface area contributed by atoms with Crippen LogP contribution in [0.25, 0.3) is 6.08 Å². The lowest BCUT2D eigenvalue weighted by atomic mass is 10.1. The van der Waals surface area contributed by atoms with Crippen LogP contribution in [0.3, 0.4) is 0 Å². The molecule has 0 atom stereocenters. The molecule has 1 aromatic heterocycles. The van der Waals surface area contributed by atoms with Crippen LogP contribution in [-0.4, -0.2) is 29.8 Å². The van der Waals surface area contributed by atoms with Crippen molar-refractivity contribution in [3.8, 4) is 6.07 Å². The average Bonchev–Trinajstić information content (AvgIpc) is 2.96. The van der Waals surface area contributed by atoms with Crippen LogP contribution in [0.2, 0.25) is 5.02 Å². The number of nitrogens with zero attached hydrogens (tertiary/aromatic N) is 2. The number of benzene rings is 1. The van der Waals surface area contributed by atoms with Crippen molar-refractivity contribution in [3.05, 3.63) is 56.9 Å². The van der Waals surface area contributed by atoms with Crippen molar-refractivity contribution in [2.24, 2.45) is 0 Å². The Labute approximate surface area is 167 Å². The van der Waals surface area contributed by atoms with Gasteiger partial charge >= 0.3 is 0 Å². The number of halogens is 1. The van der Waals surface area contributed by atoms with Crippen LogP contribution >= 0.6 is 22.9 Å². The van der Waals surface area contributed by atoms with Gasteiger partial charge in [-0.1, -0.05) is 23.7 Å². The molecule has 0 saturated carbocycles. The Morgan fingerprint density at radius 1 is 1.33 bits per heavy atom. The normalized spacial score (nSPS) is 10.6. The van der Waals surface area contributed by atoms with Gasteiger partial charge in [0.25, 0.3) is 5.91 Å². The molecular weight excluding hydrogens is 382 g/mol.